The van der Waals surface area contributed by atoms with Crippen molar-refractivity contribution in [2.45, 2.75) is 13.0 Å². The van der Waals surface area contributed by atoms with Gasteiger partial charge in [-0.1, -0.05) is 41.4 Å². The standard InChI is InChI=1S/C18H15Cl2NO4/c19-15-11-7-8-21(9-12(11)16(20)18(25)17(15)24)14(23)6-5-10-3-1-2-4-13(10)22/h1-6,22,24-25H,7-9H2/b6-5+. The highest BCUT2D eigenvalue weighted by atomic mass is 35.5. The molecule has 25 heavy (non-hydrogen) atoms. The van der Waals surface area contributed by atoms with Crippen LogP contribution in [0.4, 0.5) is 0 Å². The van der Waals surface area contributed by atoms with Crippen molar-refractivity contribution in [3.05, 3.63) is 57.1 Å². The molecule has 2 aromatic rings. The first-order chi connectivity index (χ1) is 11.9. The van der Waals surface area contributed by atoms with Crippen molar-refractivity contribution in [3.63, 3.8) is 0 Å². The molecule has 0 bridgehead atoms. The van der Waals surface area contributed by atoms with E-state index in [1.807, 2.05) is 0 Å². The third-order valence-corrected chi connectivity index (χ3v) is 4.98. The fourth-order valence-electron chi connectivity index (χ4n) is 2.78. The molecule has 3 rings (SSSR count). The average molecular weight is 380 g/mol. The highest BCUT2D eigenvalue weighted by Crippen LogP contribution is 2.46. The molecule has 0 fully saturated rings. The van der Waals surface area contributed by atoms with E-state index in [1.165, 1.54) is 18.2 Å². The second-order valence-electron chi connectivity index (χ2n) is 5.68. The number of phenolic OH excluding ortho intramolecular Hbond substituents is 3. The van der Waals surface area contributed by atoms with Crippen molar-refractivity contribution < 1.29 is 20.1 Å². The van der Waals surface area contributed by atoms with E-state index in [2.05, 4.69) is 0 Å². The Kier molecular flexibility index (Phi) is 4.79. The number of hydrogen-bond acceptors (Lipinski definition) is 4. The maximum Gasteiger partial charge on any atom is 0.246 e. The second-order valence-corrected chi connectivity index (χ2v) is 6.44. The molecule has 0 atom stereocenters. The number of rotatable bonds is 2. The molecular formula is C18H15Cl2NO4. The normalized spacial score (nSPS) is 13.9. The Morgan fingerprint density at radius 2 is 1.68 bits per heavy atom. The van der Waals surface area contributed by atoms with Crippen LogP contribution in [-0.4, -0.2) is 32.7 Å². The second kappa shape index (κ2) is 6.86. The van der Waals surface area contributed by atoms with Gasteiger partial charge in [-0.15, -0.1) is 0 Å². The fourth-order valence-corrected chi connectivity index (χ4v) is 3.35. The minimum absolute atomic E-state index is 0.000849. The molecule has 0 aliphatic carbocycles. The summed E-state index contributed by atoms with van der Waals surface area (Å²) < 4.78 is 0. The van der Waals surface area contributed by atoms with Crippen LogP contribution in [0.1, 0.15) is 16.7 Å². The van der Waals surface area contributed by atoms with Crippen LogP contribution in [0.3, 0.4) is 0 Å². The van der Waals surface area contributed by atoms with Gasteiger partial charge in [0.1, 0.15) is 5.75 Å². The number of aromatic hydroxyl groups is 3. The Morgan fingerprint density at radius 1 is 1.04 bits per heavy atom. The van der Waals surface area contributed by atoms with Gasteiger partial charge in [0.15, 0.2) is 11.5 Å². The Hall–Kier alpha value is -2.37. The summed E-state index contributed by atoms with van der Waals surface area (Å²) in [4.78, 5) is 14.0. The van der Waals surface area contributed by atoms with Crippen molar-refractivity contribution >= 4 is 35.2 Å². The van der Waals surface area contributed by atoms with Crippen molar-refractivity contribution in [1.82, 2.24) is 4.90 Å². The molecule has 0 saturated carbocycles. The number of halogens is 2. The van der Waals surface area contributed by atoms with Crippen LogP contribution in [0.15, 0.2) is 30.3 Å². The monoisotopic (exact) mass is 379 g/mol. The smallest absolute Gasteiger partial charge is 0.246 e. The molecule has 0 radical (unpaired) electrons. The summed E-state index contributed by atoms with van der Waals surface area (Å²) in [6.07, 6.45) is 3.32. The van der Waals surface area contributed by atoms with Crippen LogP contribution in [0.25, 0.3) is 6.08 Å². The van der Waals surface area contributed by atoms with E-state index in [0.29, 0.717) is 29.7 Å². The maximum absolute atomic E-state index is 12.4. The number of hydrogen-bond donors (Lipinski definition) is 3. The van der Waals surface area contributed by atoms with Crippen LogP contribution in [0, 0.1) is 0 Å². The molecule has 7 heteroatoms. The SMILES string of the molecule is O=C(/C=C/c1ccccc1O)N1CCc2c(Cl)c(O)c(O)c(Cl)c2C1. The number of amides is 1. The van der Waals surface area contributed by atoms with Gasteiger partial charge < -0.3 is 20.2 Å². The number of phenols is 3. The van der Waals surface area contributed by atoms with Gasteiger partial charge in [0.05, 0.1) is 10.0 Å². The third kappa shape index (κ3) is 3.25. The quantitative estimate of drug-likeness (QED) is 0.548. The van der Waals surface area contributed by atoms with Crippen LogP contribution < -0.4 is 0 Å². The van der Waals surface area contributed by atoms with Gasteiger partial charge in [0.2, 0.25) is 5.91 Å². The predicted octanol–water partition coefficient (Wildman–Crippen LogP) is 3.71. The fraction of sp³-hybridized carbons (Fsp3) is 0.167. The Bertz CT molecular complexity index is 880. The zero-order valence-electron chi connectivity index (χ0n) is 13.0. The summed E-state index contributed by atoms with van der Waals surface area (Å²) in [5.41, 5.74) is 1.70. The first-order valence-electron chi connectivity index (χ1n) is 7.55. The predicted molar refractivity (Wildman–Crippen MR) is 96.1 cm³/mol. The lowest BCUT2D eigenvalue weighted by Gasteiger charge is -2.30. The maximum atomic E-state index is 12.4. The zero-order chi connectivity index (χ0) is 18.1. The molecule has 1 aliphatic rings. The molecule has 0 saturated heterocycles. The van der Waals surface area contributed by atoms with Gasteiger partial charge in [-0.3, -0.25) is 4.79 Å². The van der Waals surface area contributed by atoms with Gasteiger partial charge in [-0.25, -0.2) is 0 Å². The van der Waals surface area contributed by atoms with Crippen LogP contribution in [0.2, 0.25) is 10.0 Å². The first-order valence-corrected chi connectivity index (χ1v) is 8.31. The molecule has 0 aromatic heterocycles. The summed E-state index contributed by atoms with van der Waals surface area (Å²) in [6, 6.07) is 6.70. The Morgan fingerprint density at radius 3 is 2.36 bits per heavy atom. The highest BCUT2D eigenvalue weighted by molar-refractivity contribution is 6.36. The average Bonchev–Trinajstić information content (AvgIpc) is 2.63. The summed E-state index contributed by atoms with van der Waals surface area (Å²) in [6.45, 7) is 0.572. The molecule has 1 amide bonds. The highest BCUT2D eigenvalue weighted by Gasteiger charge is 2.28. The summed E-state index contributed by atoms with van der Waals surface area (Å²) in [7, 11) is 0. The number of para-hydroxylation sites is 1. The third-order valence-electron chi connectivity index (χ3n) is 4.17. The van der Waals surface area contributed by atoms with E-state index in [-0.39, 0.29) is 28.2 Å². The molecule has 1 aliphatic heterocycles. The van der Waals surface area contributed by atoms with E-state index >= 15 is 0 Å². The molecule has 5 nitrogen and oxygen atoms in total. The van der Waals surface area contributed by atoms with Gasteiger partial charge in [-0.05, 0) is 29.7 Å². The topological polar surface area (TPSA) is 81.0 Å². The lowest BCUT2D eigenvalue weighted by atomic mass is 9.98. The van der Waals surface area contributed by atoms with Crippen LogP contribution in [0.5, 0.6) is 17.2 Å². The van der Waals surface area contributed by atoms with Gasteiger partial charge in [0.25, 0.3) is 0 Å². The molecule has 2 aromatic carbocycles. The van der Waals surface area contributed by atoms with E-state index in [0.717, 1.165) is 0 Å². The minimum atomic E-state index is -0.482. The molecule has 130 valence electrons. The first kappa shape index (κ1) is 17.5. The van der Waals surface area contributed by atoms with E-state index in [9.17, 15) is 20.1 Å². The van der Waals surface area contributed by atoms with Gasteiger partial charge >= 0.3 is 0 Å². The lowest BCUT2D eigenvalue weighted by Crippen LogP contribution is -2.35. The summed E-state index contributed by atoms with van der Waals surface area (Å²) in [5.74, 6) is -1.09. The number of nitrogens with zero attached hydrogens (tertiary/aromatic N) is 1. The van der Waals surface area contributed by atoms with E-state index in [1.54, 1.807) is 23.1 Å². The van der Waals surface area contributed by atoms with Crippen molar-refractivity contribution in [2.75, 3.05) is 6.54 Å². The number of carbonyl (C=O) groups is 1. The van der Waals surface area contributed by atoms with Crippen LogP contribution in [-0.2, 0) is 17.8 Å². The lowest BCUT2D eigenvalue weighted by molar-refractivity contribution is -0.126. The van der Waals surface area contributed by atoms with E-state index in [4.69, 9.17) is 23.2 Å². The largest absolute Gasteiger partial charge is 0.507 e. The molecule has 0 unspecified atom stereocenters. The number of carbonyl (C=O) groups excluding carboxylic acids is 1. The molecule has 3 N–H and O–H groups in total. The van der Waals surface area contributed by atoms with E-state index < -0.39 is 11.5 Å². The Labute approximate surface area is 154 Å². The molecule has 0 spiro atoms. The summed E-state index contributed by atoms with van der Waals surface area (Å²) in [5, 5.41) is 29.4. The van der Waals surface area contributed by atoms with Gasteiger partial charge in [0, 0.05) is 24.7 Å². The summed E-state index contributed by atoms with van der Waals surface area (Å²) >= 11 is 12.2. The van der Waals surface area contributed by atoms with Gasteiger partial charge in [-0.2, -0.15) is 0 Å². The van der Waals surface area contributed by atoms with Crippen molar-refractivity contribution in [1.29, 1.82) is 0 Å². The zero-order valence-corrected chi connectivity index (χ0v) is 14.6. The molecule has 1 heterocycles. The Balaban J connectivity index is 1.83. The molecular weight excluding hydrogens is 365 g/mol. The van der Waals surface area contributed by atoms with Crippen molar-refractivity contribution in [3.8, 4) is 17.2 Å². The minimum Gasteiger partial charge on any atom is -0.507 e. The van der Waals surface area contributed by atoms with Crippen LogP contribution >= 0.6 is 23.2 Å². The number of fused-ring (bicyclic) bond motifs is 1. The number of benzene rings is 2. The van der Waals surface area contributed by atoms with Crippen molar-refractivity contribution in [2.24, 2.45) is 0 Å².